The molecule has 0 heterocycles. The van der Waals surface area contributed by atoms with Crippen LogP contribution in [0.3, 0.4) is 0 Å². The summed E-state index contributed by atoms with van der Waals surface area (Å²) in [4.78, 5) is 10.9. The van der Waals surface area contributed by atoms with Crippen LogP contribution in [0.5, 0.6) is 11.5 Å². The quantitative estimate of drug-likeness (QED) is 0.888. The van der Waals surface area contributed by atoms with E-state index >= 15 is 0 Å². The molecule has 18 heavy (non-hydrogen) atoms. The number of carbonyl (C=O) groups is 1. The molecule has 92 valence electrons. The van der Waals surface area contributed by atoms with Crippen LogP contribution in [0.2, 0.25) is 0 Å². The van der Waals surface area contributed by atoms with Gasteiger partial charge in [0.1, 0.15) is 11.5 Å². The smallest absolute Gasteiger partial charge is 0.335 e. The van der Waals surface area contributed by atoms with Gasteiger partial charge in [0.2, 0.25) is 0 Å². The molecular formula is C15H14O3. The highest BCUT2D eigenvalue weighted by Gasteiger charge is 2.06. The molecule has 2 aromatic rings. The van der Waals surface area contributed by atoms with E-state index in [0.29, 0.717) is 5.75 Å². The van der Waals surface area contributed by atoms with Gasteiger partial charge in [0.15, 0.2) is 0 Å². The second-order valence-electron chi connectivity index (χ2n) is 3.90. The fourth-order valence-electron chi connectivity index (χ4n) is 1.72. The number of aryl methyl sites for hydroxylation is 1. The predicted octanol–water partition coefficient (Wildman–Crippen LogP) is 3.74. The van der Waals surface area contributed by atoms with Crippen LogP contribution in [-0.4, -0.2) is 11.1 Å². The topological polar surface area (TPSA) is 46.5 Å². The van der Waals surface area contributed by atoms with Crippen molar-refractivity contribution in [3.63, 3.8) is 0 Å². The molecule has 2 aromatic carbocycles. The number of hydrogen-bond acceptors (Lipinski definition) is 2. The maximum Gasteiger partial charge on any atom is 0.335 e. The first kappa shape index (κ1) is 12.2. The lowest BCUT2D eigenvalue weighted by molar-refractivity contribution is 0.0696. The number of hydrogen-bond donors (Lipinski definition) is 1. The first-order chi connectivity index (χ1) is 8.70. The number of ether oxygens (including phenoxy) is 1. The highest BCUT2D eigenvalue weighted by Crippen LogP contribution is 2.26. The van der Waals surface area contributed by atoms with E-state index in [1.165, 1.54) is 6.07 Å². The lowest BCUT2D eigenvalue weighted by atomic mass is 10.1. The second kappa shape index (κ2) is 5.36. The average molecular weight is 242 g/mol. The number of para-hydroxylation sites is 1. The van der Waals surface area contributed by atoms with Gasteiger partial charge in [0.25, 0.3) is 0 Å². The van der Waals surface area contributed by atoms with Crippen molar-refractivity contribution in [1.82, 2.24) is 0 Å². The van der Waals surface area contributed by atoms with E-state index in [2.05, 4.69) is 6.92 Å². The molecule has 0 aliphatic rings. The van der Waals surface area contributed by atoms with Gasteiger partial charge in [-0.3, -0.25) is 0 Å². The molecule has 0 unspecified atom stereocenters. The molecule has 0 saturated heterocycles. The monoisotopic (exact) mass is 242 g/mol. The zero-order chi connectivity index (χ0) is 13.0. The summed E-state index contributed by atoms with van der Waals surface area (Å²) in [5.74, 6) is 0.350. The third-order valence-corrected chi connectivity index (χ3v) is 2.66. The van der Waals surface area contributed by atoms with Crippen LogP contribution in [0.1, 0.15) is 22.8 Å². The minimum absolute atomic E-state index is 0.224. The molecule has 0 aliphatic heterocycles. The summed E-state index contributed by atoms with van der Waals surface area (Å²) >= 11 is 0. The van der Waals surface area contributed by atoms with E-state index in [9.17, 15) is 4.79 Å². The fraction of sp³-hybridized carbons (Fsp3) is 0.133. The number of carboxylic acid groups (broad SMARTS) is 1. The van der Waals surface area contributed by atoms with Crippen LogP contribution in [0.15, 0.2) is 48.5 Å². The summed E-state index contributed by atoms with van der Waals surface area (Å²) in [6, 6.07) is 14.2. The summed E-state index contributed by atoms with van der Waals surface area (Å²) in [5.41, 5.74) is 1.32. The summed E-state index contributed by atoms with van der Waals surface area (Å²) in [6.45, 7) is 2.05. The average Bonchev–Trinajstić information content (AvgIpc) is 2.39. The Labute approximate surface area is 106 Å². The molecular weight excluding hydrogens is 228 g/mol. The van der Waals surface area contributed by atoms with Crippen molar-refractivity contribution in [1.29, 1.82) is 0 Å². The lowest BCUT2D eigenvalue weighted by Crippen LogP contribution is -1.96. The molecule has 0 fully saturated rings. The van der Waals surface area contributed by atoms with Crippen LogP contribution in [-0.2, 0) is 6.42 Å². The third-order valence-electron chi connectivity index (χ3n) is 2.66. The van der Waals surface area contributed by atoms with Crippen LogP contribution < -0.4 is 4.74 Å². The minimum Gasteiger partial charge on any atom is -0.478 e. The van der Waals surface area contributed by atoms with Crippen LogP contribution in [0.4, 0.5) is 0 Å². The van der Waals surface area contributed by atoms with Crippen molar-refractivity contribution in [3.05, 3.63) is 59.7 Å². The SMILES string of the molecule is CCc1ccccc1Oc1cccc(C(=O)O)c1. The summed E-state index contributed by atoms with van der Waals surface area (Å²) in [6.07, 6.45) is 0.870. The van der Waals surface area contributed by atoms with Crippen LogP contribution in [0.25, 0.3) is 0 Å². The largest absolute Gasteiger partial charge is 0.478 e. The highest BCUT2D eigenvalue weighted by molar-refractivity contribution is 5.88. The molecule has 0 atom stereocenters. The van der Waals surface area contributed by atoms with Gasteiger partial charge in [0.05, 0.1) is 5.56 Å². The Morgan fingerprint density at radius 2 is 1.94 bits per heavy atom. The molecule has 0 amide bonds. The Kier molecular flexibility index (Phi) is 3.63. The van der Waals surface area contributed by atoms with Gasteiger partial charge in [-0.1, -0.05) is 31.2 Å². The second-order valence-corrected chi connectivity index (χ2v) is 3.90. The lowest BCUT2D eigenvalue weighted by Gasteiger charge is -2.10. The highest BCUT2D eigenvalue weighted by atomic mass is 16.5. The van der Waals surface area contributed by atoms with Gasteiger partial charge in [-0.2, -0.15) is 0 Å². The Bertz CT molecular complexity index is 561. The Balaban J connectivity index is 2.28. The van der Waals surface area contributed by atoms with Gasteiger partial charge in [-0.15, -0.1) is 0 Å². The molecule has 3 heteroatoms. The molecule has 2 rings (SSSR count). The first-order valence-electron chi connectivity index (χ1n) is 5.80. The maximum absolute atomic E-state index is 10.9. The Morgan fingerprint density at radius 3 is 2.67 bits per heavy atom. The Morgan fingerprint density at radius 1 is 1.17 bits per heavy atom. The van der Waals surface area contributed by atoms with Crippen molar-refractivity contribution in [2.75, 3.05) is 0 Å². The number of aromatic carboxylic acids is 1. The summed E-state index contributed by atoms with van der Waals surface area (Å²) in [7, 11) is 0. The van der Waals surface area contributed by atoms with E-state index in [0.717, 1.165) is 17.7 Å². The molecule has 0 saturated carbocycles. The summed E-state index contributed by atoms with van der Waals surface area (Å²) < 4.78 is 5.73. The number of benzene rings is 2. The summed E-state index contributed by atoms with van der Waals surface area (Å²) in [5, 5.41) is 8.92. The van der Waals surface area contributed by atoms with Gasteiger partial charge < -0.3 is 9.84 Å². The van der Waals surface area contributed by atoms with E-state index in [4.69, 9.17) is 9.84 Å². The third kappa shape index (κ3) is 2.69. The predicted molar refractivity (Wildman–Crippen MR) is 69.3 cm³/mol. The normalized spacial score (nSPS) is 10.1. The minimum atomic E-state index is -0.954. The number of rotatable bonds is 4. The van der Waals surface area contributed by atoms with Gasteiger partial charge in [-0.25, -0.2) is 4.79 Å². The molecule has 0 radical (unpaired) electrons. The van der Waals surface area contributed by atoms with E-state index < -0.39 is 5.97 Å². The maximum atomic E-state index is 10.9. The van der Waals surface area contributed by atoms with E-state index in [1.807, 2.05) is 24.3 Å². The van der Waals surface area contributed by atoms with E-state index in [1.54, 1.807) is 18.2 Å². The zero-order valence-corrected chi connectivity index (χ0v) is 10.1. The molecule has 1 N–H and O–H groups in total. The van der Waals surface area contributed by atoms with Crippen molar-refractivity contribution >= 4 is 5.97 Å². The first-order valence-corrected chi connectivity index (χ1v) is 5.80. The van der Waals surface area contributed by atoms with Crippen LogP contribution >= 0.6 is 0 Å². The van der Waals surface area contributed by atoms with E-state index in [-0.39, 0.29) is 5.56 Å². The van der Waals surface area contributed by atoms with Crippen LogP contribution in [0, 0.1) is 0 Å². The van der Waals surface area contributed by atoms with Gasteiger partial charge in [0, 0.05) is 0 Å². The van der Waals surface area contributed by atoms with Crippen molar-refractivity contribution < 1.29 is 14.6 Å². The standard InChI is InChI=1S/C15H14O3/c1-2-11-6-3-4-9-14(11)18-13-8-5-7-12(10-13)15(16)17/h3-10H,2H2,1H3,(H,16,17). The molecule has 0 spiro atoms. The van der Waals surface area contributed by atoms with Gasteiger partial charge >= 0.3 is 5.97 Å². The Hall–Kier alpha value is -2.29. The molecule has 0 aliphatic carbocycles. The van der Waals surface area contributed by atoms with Gasteiger partial charge in [-0.05, 0) is 36.2 Å². The zero-order valence-electron chi connectivity index (χ0n) is 10.1. The molecule has 3 nitrogen and oxygen atoms in total. The molecule has 0 bridgehead atoms. The van der Waals surface area contributed by atoms with Crippen molar-refractivity contribution in [2.45, 2.75) is 13.3 Å². The molecule has 0 aromatic heterocycles. The number of carboxylic acids is 1. The fourth-order valence-corrected chi connectivity index (χ4v) is 1.72. The van der Waals surface area contributed by atoms with Crippen molar-refractivity contribution in [3.8, 4) is 11.5 Å². The van der Waals surface area contributed by atoms with Crippen molar-refractivity contribution in [2.24, 2.45) is 0 Å².